The topological polar surface area (TPSA) is 51.5 Å². The Kier molecular flexibility index (Phi) is 4.34. The van der Waals surface area contributed by atoms with Crippen LogP contribution in [-0.2, 0) is 16.0 Å². The summed E-state index contributed by atoms with van der Waals surface area (Å²) in [5.74, 6) is 0.998. The molecule has 3 heterocycles. The van der Waals surface area contributed by atoms with Gasteiger partial charge in [-0.3, -0.25) is 4.98 Å². The lowest BCUT2D eigenvalue weighted by molar-refractivity contribution is -0.931. The maximum Gasteiger partial charge on any atom is 0.433 e. The molecule has 1 N–H and O–H groups in total. The predicted molar refractivity (Wildman–Crippen MR) is 90.6 cm³/mol. The highest BCUT2D eigenvalue weighted by Crippen LogP contribution is 2.41. The molecule has 1 aliphatic carbocycles. The van der Waals surface area contributed by atoms with Gasteiger partial charge in [-0.05, 0) is 30.4 Å². The molecule has 2 aliphatic heterocycles. The molecule has 8 heteroatoms. The summed E-state index contributed by atoms with van der Waals surface area (Å²) in [7, 11) is -2.78. The van der Waals surface area contributed by atoms with E-state index in [-0.39, 0.29) is 11.3 Å². The molecule has 3 aliphatic rings. The largest absolute Gasteiger partial charge is 0.433 e. The number of piperidine rings is 1. The van der Waals surface area contributed by atoms with Crippen LogP contribution in [-0.4, -0.2) is 44.0 Å². The van der Waals surface area contributed by atoms with E-state index in [9.17, 15) is 21.6 Å². The van der Waals surface area contributed by atoms with Crippen molar-refractivity contribution in [3.05, 3.63) is 29.6 Å². The molecule has 0 bridgehead atoms. The second kappa shape index (κ2) is 6.19. The number of pyridine rings is 1. The van der Waals surface area contributed by atoms with Crippen LogP contribution in [0.25, 0.3) is 0 Å². The number of sulfone groups is 1. The minimum Gasteiger partial charge on any atom is -0.332 e. The Morgan fingerprint density at radius 2 is 1.81 bits per heavy atom. The number of hydrogen-bond donors (Lipinski definition) is 1. The Hall–Kier alpha value is -1.15. The number of rotatable bonds is 2. The molecule has 2 saturated heterocycles. The Morgan fingerprint density at radius 3 is 2.35 bits per heavy atom. The molecule has 2 atom stereocenters. The van der Waals surface area contributed by atoms with E-state index in [0.717, 1.165) is 56.8 Å². The van der Waals surface area contributed by atoms with E-state index in [1.54, 1.807) is 11.0 Å². The quantitative estimate of drug-likeness (QED) is 0.840. The van der Waals surface area contributed by atoms with Crippen molar-refractivity contribution in [2.45, 2.75) is 50.2 Å². The van der Waals surface area contributed by atoms with Gasteiger partial charge in [0, 0.05) is 30.9 Å². The normalized spacial score (nSPS) is 31.0. The summed E-state index contributed by atoms with van der Waals surface area (Å²) < 4.78 is 60.9. The monoisotopic (exact) mass is 389 g/mol. The lowest BCUT2D eigenvalue weighted by Crippen LogP contribution is -3.17. The number of likely N-dealkylation sites (tertiary alicyclic amines) is 1. The number of aromatic nitrogens is 1. The zero-order valence-corrected chi connectivity index (χ0v) is 15.4. The van der Waals surface area contributed by atoms with Crippen LogP contribution in [0, 0.1) is 5.41 Å². The Balaban J connectivity index is 1.33. The van der Waals surface area contributed by atoms with E-state index in [1.807, 2.05) is 0 Å². The van der Waals surface area contributed by atoms with Gasteiger partial charge < -0.3 is 4.90 Å². The van der Waals surface area contributed by atoms with Gasteiger partial charge in [-0.2, -0.15) is 13.2 Å². The van der Waals surface area contributed by atoms with E-state index in [0.29, 0.717) is 17.5 Å². The van der Waals surface area contributed by atoms with Crippen LogP contribution in [0.5, 0.6) is 0 Å². The van der Waals surface area contributed by atoms with Crippen molar-refractivity contribution in [3.63, 3.8) is 0 Å². The van der Waals surface area contributed by atoms with Crippen LogP contribution in [0.4, 0.5) is 13.2 Å². The van der Waals surface area contributed by atoms with Gasteiger partial charge >= 0.3 is 6.18 Å². The second-order valence-corrected chi connectivity index (χ2v) is 10.4. The third-order valence-electron chi connectivity index (χ3n) is 6.56. The van der Waals surface area contributed by atoms with Gasteiger partial charge in [-0.25, -0.2) is 8.42 Å². The lowest BCUT2D eigenvalue weighted by atomic mass is 9.80. The molecule has 4 rings (SSSR count). The molecule has 26 heavy (non-hydrogen) atoms. The van der Waals surface area contributed by atoms with E-state index in [1.165, 1.54) is 6.20 Å². The summed E-state index contributed by atoms with van der Waals surface area (Å²) in [6, 6.07) is 3.18. The fourth-order valence-corrected chi connectivity index (χ4v) is 7.52. The molecule has 3 fully saturated rings. The Labute approximate surface area is 151 Å². The maximum absolute atomic E-state index is 12.6. The first-order valence-electron chi connectivity index (χ1n) is 9.24. The first-order valence-corrected chi connectivity index (χ1v) is 11.1. The summed E-state index contributed by atoms with van der Waals surface area (Å²) in [6.45, 7) is 2.02. The Morgan fingerprint density at radius 1 is 1.12 bits per heavy atom. The third kappa shape index (κ3) is 3.50. The van der Waals surface area contributed by atoms with Crippen LogP contribution >= 0.6 is 0 Å². The van der Waals surface area contributed by atoms with E-state index in [4.69, 9.17) is 0 Å². The first kappa shape index (κ1) is 18.2. The fourth-order valence-electron chi connectivity index (χ4n) is 5.16. The molecule has 1 aromatic heterocycles. The van der Waals surface area contributed by atoms with Gasteiger partial charge in [0.1, 0.15) is 5.69 Å². The zero-order chi connectivity index (χ0) is 18.6. The standard InChI is InChI=1S/C18H23F3N2O2S/c19-18(20,21)16-4-2-14(10-22-16)13-1-3-15(9-13)23-7-5-17(6-8-23)11-26(24,25)12-17/h2,4,10,13,15H,1,3,5-9,11-12H2/p+1/t13-,15?/m1/s1. The highest BCUT2D eigenvalue weighted by Gasteiger charge is 2.51. The van der Waals surface area contributed by atoms with Crippen molar-refractivity contribution in [1.82, 2.24) is 4.98 Å². The molecule has 1 saturated carbocycles. The van der Waals surface area contributed by atoms with Crippen molar-refractivity contribution in [3.8, 4) is 0 Å². The van der Waals surface area contributed by atoms with E-state index >= 15 is 0 Å². The average molecular weight is 389 g/mol. The summed E-state index contributed by atoms with van der Waals surface area (Å²) in [4.78, 5) is 5.14. The highest BCUT2D eigenvalue weighted by molar-refractivity contribution is 7.92. The molecule has 144 valence electrons. The molecule has 1 aromatic rings. The summed E-state index contributed by atoms with van der Waals surface area (Å²) >= 11 is 0. The maximum atomic E-state index is 12.6. The molecule has 4 nitrogen and oxygen atoms in total. The summed E-state index contributed by atoms with van der Waals surface area (Å²) in [5, 5.41) is 0. The number of nitrogens with one attached hydrogen (secondary N) is 1. The second-order valence-electron chi connectivity index (χ2n) is 8.37. The highest BCUT2D eigenvalue weighted by atomic mass is 32.2. The number of quaternary nitrogens is 1. The van der Waals surface area contributed by atoms with Crippen LogP contribution in [0.3, 0.4) is 0 Å². The van der Waals surface area contributed by atoms with Crippen molar-refractivity contribution in [1.29, 1.82) is 0 Å². The van der Waals surface area contributed by atoms with Gasteiger partial charge in [0.15, 0.2) is 9.84 Å². The molecular weight excluding hydrogens is 365 g/mol. The minimum atomic E-state index is -4.39. The van der Waals surface area contributed by atoms with Crippen LogP contribution in [0.2, 0.25) is 0 Å². The number of hydrogen-bond acceptors (Lipinski definition) is 3. The fraction of sp³-hybridized carbons (Fsp3) is 0.722. The third-order valence-corrected chi connectivity index (χ3v) is 8.67. The predicted octanol–water partition coefficient (Wildman–Crippen LogP) is 1.83. The van der Waals surface area contributed by atoms with Crippen LogP contribution in [0.1, 0.15) is 49.3 Å². The molecule has 0 aromatic carbocycles. The zero-order valence-electron chi connectivity index (χ0n) is 14.6. The summed E-state index contributed by atoms with van der Waals surface area (Å²) in [5.41, 5.74) is 0.106. The van der Waals surface area contributed by atoms with Crippen molar-refractivity contribution in [2.24, 2.45) is 5.41 Å². The number of alkyl halides is 3. The molecular formula is C18H24F3N2O2S+. The first-order chi connectivity index (χ1) is 12.2. The number of nitrogens with zero attached hydrogens (tertiary/aromatic N) is 1. The lowest BCUT2D eigenvalue weighted by Gasteiger charge is -2.46. The molecule has 1 unspecified atom stereocenters. The van der Waals surface area contributed by atoms with Crippen molar-refractivity contribution in [2.75, 3.05) is 24.6 Å². The summed E-state index contributed by atoms with van der Waals surface area (Å²) in [6.07, 6.45) is 1.99. The van der Waals surface area contributed by atoms with Gasteiger partial charge in [0.2, 0.25) is 0 Å². The van der Waals surface area contributed by atoms with E-state index < -0.39 is 21.7 Å². The van der Waals surface area contributed by atoms with Gasteiger partial charge in [0.25, 0.3) is 0 Å². The minimum absolute atomic E-state index is 0.0394. The SMILES string of the molecule is O=S1(=O)CC2(CC[NH+](C3CC[C@@H](c4ccc(C(F)(F)F)nc4)C3)CC2)C1. The van der Waals surface area contributed by atoms with Gasteiger partial charge in [-0.1, -0.05) is 6.07 Å². The van der Waals surface area contributed by atoms with Gasteiger partial charge in [0.05, 0.1) is 30.6 Å². The van der Waals surface area contributed by atoms with Crippen LogP contribution < -0.4 is 4.90 Å². The smallest absolute Gasteiger partial charge is 0.332 e. The van der Waals surface area contributed by atoms with Gasteiger partial charge in [-0.15, -0.1) is 0 Å². The van der Waals surface area contributed by atoms with Crippen LogP contribution in [0.15, 0.2) is 18.3 Å². The molecule has 1 spiro atoms. The number of halogens is 3. The molecule has 0 radical (unpaired) electrons. The van der Waals surface area contributed by atoms with Crippen molar-refractivity contribution >= 4 is 9.84 Å². The van der Waals surface area contributed by atoms with E-state index in [2.05, 4.69) is 4.98 Å². The van der Waals surface area contributed by atoms with Crippen molar-refractivity contribution < 1.29 is 26.5 Å². The average Bonchev–Trinajstić information content (AvgIpc) is 3.03. The molecule has 0 amide bonds. The Bertz CT molecular complexity index is 755.